The molecule has 1 aromatic rings. The van der Waals surface area contributed by atoms with Gasteiger partial charge in [0.25, 0.3) is 0 Å². The average molecular weight is 253 g/mol. The molecule has 0 aliphatic rings. The van der Waals surface area contributed by atoms with Gasteiger partial charge < -0.3 is 10.5 Å². The predicted octanol–water partition coefficient (Wildman–Crippen LogP) is 4.19. The van der Waals surface area contributed by atoms with Crippen LogP contribution in [0.3, 0.4) is 0 Å². The SMILES string of the molecule is CCCCCCCOc1c(F)cccc1[C@H](C)N. The molecule has 0 saturated carbocycles. The van der Waals surface area contributed by atoms with Gasteiger partial charge in [0.15, 0.2) is 11.6 Å². The maximum atomic E-state index is 13.7. The number of hydrogen-bond acceptors (Lipinski definition) is 2. The van der Waals surface area contributed by atoms with Crippen molar-refractivity contribution in [3.63, 3.8) is 0 Å². The molecule has 0 aromatic heterocycles. The highest BCUT2D eigenvalue weighted by atomic mass is 19.1. The number of hydrogen-bond donors (Lipinski definition) is 1. The summed E-state index contributed by atoms with van der Waals surface area (Å²) >= 11 is 0. The lowest BCUT2D eigenvalue weighted by Gasteiger charge is -2.14. The fourth-order valence-corrected chi connectivity index (χ4v) is 1.92. The molecule has 0 saturated heterocycles. The number of nitrogens with two attached hydrogens (primary N) is 1. The normalized spacial score (nSPS) is 12.4. The molecule has 1 rings (SSSR count). The molecule has 0 fully saturated rings. The summed E-state index contributed by atoms with van der Waals surface area (Å²) in [5.41, 5.74) is 6.55. The zero-order valence-electron chi connectivity index (χ0n) is 11.4. The number of unbranched alkanes of at least 4 members (excludes halogenated alkanes) is 4. The van der Waals surface area contributed by atoms with Crippen molar-refractivity contribution < 1.29 is 9.13 Å². The van der Waals surface area contributed by atoms with Gasteiger partial charge in [0.1, 0.15) is 0 Å². The molecule has 0 heterocycles. The number of rotatable bonds is 8. The van der Waals surface area contributed by atoms with Crippen LogP contribution in [0.1, 0.15) is 57.6 Å². The zero-order chi connectivity index (χ0) is 13.4. The predicted molar refractivity (Wildman–Crippen MR) is 73.3 cm³/mol. The van der Waals surface area contributed by atoms with Crippen LogP contribution in [0.5, 0.6) is 5.75 Å². The molecule has 0 radical (unpaired) electrons. The average Bonchev–Trinajstić information content (AvgIpc) is 2.34. The van der Waals surface area contributed by atoms with Gasteiger partial charge in [-0.15, -0.1) is 0 Å². The van der Waals surface area contributed by atoms with Crippen LogP contribution < -0.4 is 10.5 Å². The second kappa shape index (κ2) is 8.09. The van der Waals surface area contributed by atoms with Crippen LogP contribution in [0.2, 0.25) is 0 Å². The van der Waals surface area contributed by atoms with E-state index in [2.05, 4.69) is 6.92 Å². The number of ether oxygens (including phenoxy) is 1. The van der Waals surface area contributed by atoms with E-state index in [1.54, 1.807) is 6.07 Å². The largest absolute Gasteiger partial charge is 0.490 e. The Morgan fingerprint density at radius 1 is 1.22 bits per heavy atom. The van der Waals surface area contributed by atoms with Crippen LogP contribution in [-0.2, 0) is 0 Å². The first-order chi connectivity index (χ1) is 8.66. The van der Waals surface area contributed by atoms with Gasteiger partial charge in [-0.2, -0.15) is 0 Å². The van der Waals surface area contributed by atoms with Crippen LogP contribution in [0.25, 0.3) is 0 Å². The lowest BCUT2D eigenvalue weighted by Crippen LogP contribution is -2.10. The topological polar surface area (TPSA) is 35.2 Å². The molecular formula is C15H24FNO. The summed E-state index contributed by atoms with van der Waals surface area (Å²) in [5.74, 6) is 0.00125. The molecular weight excluding hydrogens is 229 g/mol. The molecule has 1 atom stereocenters. The Labute approximate surface area is 109 Å². The fourth-order valence-electron chi connectivity index (χ4n) is 1.92. The third-order valence-corrected chi connectivity index (χ3v) is 2.98. The van der Waals surface area contributed by atoms with Crippen LogP contribution in [0, 0.1) is 5.82 Å². The van der Waals surface area contributed by atoms with Gasteiger partial charge in [0, 0.05) is 11.6 Å². The van der Waals surface area contributed by atoms with E-state index in [1.807, 2.05) is 13.0 Å². The molecule has 2 N–H and O–H groups in total. The molecule has 3 heteroatoms. The third-order valence-electron chi connectivity index (χ3n) is 2.98. The van der Waals surface area contributed by atoms with Gasteiger partial charge in [-0.05, 0) is 19.4 Å². The molecule has 1 aromatic carbocycles. The minimum absolute atomic E-state index is 0.212. The Hall–Kier alpha value is -1.09. The summed E-state index contributed by atoms with van der Waals surface area (Å²) in [6.45, 7) is 4.58. The van der Waals surface area contributed by atoms with Crippen LogP contribution in [0.15, 0.2) is 18.2 Å². The number of halogens is 1. The maximum Gasteiger partial charge on any atom is 0.165 e. The summed E-state index contributed by atoms with van der Waals surface area (Å²) in [6, 6.07) is 4.69. The fraction of sp³-hybridized carbons (Fsp3) is 0.600. The third kappa shape index (κ3) is 4.65. The zero-order valence-corrected chi connectivity index (χ0v) is 11.4. The lowest BCUT2D eigenvalue weighted by molar-refractivity contribution is 0.285. The Morgan fingerprint density at radius 3 is 2.61 bits per heavy atom. The second-order valence-electron chi connectivity index (χ2n) is 4.71. The maximum absolute atomic E-state index is 13.7. The van der Waals surface area contributed by atoms with E-state index in [1.165, 1.54) is 25.3 Å². The molecule has 0 amide bonds. The van der Waals surface area contributed by atoms with E-state index < -0.39 is 0 Å². The minimum atomic E-state index is -0.321. The van der Waals surface area contributed by atoms with Gasteiger partial charge in [-0.1, -0.05) is 44.7 Å². The highest BCUT2D eigenvalue weighted by molar-refractivity contribution is 5.36. The summed E-state index contributed by atoms with van der Waals surface area (Å²) in [5, 5.41) is 0. The second-order valence-corrected chi connectivity index (χ2v) is 4.71. The summed E-state index contributed by atoms with van der Waals surface area (Å²) in [6.07, 6.45) is 5.80. The van der Waals surface area contributed by atoms with Crippen LogP contribution in [0.4, 0.5) is 4.39 Å². The van der Waals surface area contributed by atoms with Crippen LogP contribution >= 0.6 is 0 Å². The van der Waals surface area contributed by atoms with Gasteiger partial charge in [0.2, 0.25) is 0 Å². The number of benzene rings is 1. The van der Waals surface area contributed by atoms with Crippen molar-refractivity contribution in [2.24, 2.45) is 5.73 Å². The van der Waals surface area contributed by atoms with Crippen molar-refractivity contribution in [3.05, 3.63) is 29.6 Å². The first kappa shape index (κ1) is 15.0. The van der Waals surface area contributed by atoms with E-state index in [0.717, 1.165) is 18.4 Å². The first-order valence-electron chi connectivity index (χ1n) is 6.83. The Bertz CT molecular complexity index is 352. The summed E-state index contributed by atoms with van der Waals surface area (Å²) in [4.78, 5) is 0. The van der Waals surface area contributed by atoms with Crippen molar-refractivity contribution >= 4 is 0 Å². The minimum Gasteiger partial charge on any atom is -0.490 e. The molecule has 18 heavy (non-hydrogen) atoms. The van der Waals surface area contributed by atoms with E-state index in [-0.39, 0.29) is 11.9 Å². The quantitative estimate of drug-likeness (QED) is 0.705. The van der Waals surface area contributed by atoms with E-state index in [0.29, 0.717) is 12.4 Å². The monoisotopic (exact) mass is 253 g/mol. The lowest BCUT2D eigenvalue weighted by atomic mass is 10.1. The van der Waals surface area contributed by atoms with Gasteiger partial charge in [-0.25, -0.2) is 4.39 Å². The molecule has 0 aliphatic carbocycles. The van der Waals surface area contributed by atoms with E-state index >= 15 is 0 Å². The van der Waals surface area contributed by atoms with Crippen molar-refractivity contribution in [2.45, 2.75) is 52.0 Å². The molecule has 102 valence electrons. The van der Waals surface area contributed by atoms with Gasteiger partial charge >= 0.3 is 0 Å². The Kier molecular flexibility index (Phi) is 6.73. The molecule has 0 bridgehead atoms. The Balaban J connectivity index is 2.46. The molecule has 0 aliphatic heterocycles. The summed E-state index contributed by atoms with van der Waals surface area (Å²) < 4.78 is 19.2. The van der Waals surface area contributed by atoms with Crippen molar-refractivity contribution in [2.75, 3.05) is 6.61 Å². The standard InChI is InChI=1S/C15H24FNO/c1-3-4-5-6-7-11-18-15-13(12(2)17)9-8-10-14(15)16/h8-10,12H,3-7,11,17H2,1-2H3/t12-/m0/s1. The van der Waals surface area contributed by atoms with Gasteiger partial charge in [-0.3, -0.25) is 0 Å². The van der Waals surface area contributed by atoms with Crippen molar-refractivity contribution in [3.8, 4) is 5.75 Å². The van der Waals surface area contributed by atoms with Crippen molar-refractivity contribution in [1.82, 2.24) is 0 Å². The molecule has 0 unspecified atom stereocenters. The van der Waals surface area contributed by atoms with Gasteiger partial charge in [0.05, 0.1) is 6.61 Å². The Morgan fingerprint density at radius 2 is 1.94 bits per heavy atom. The van der Waals surface area contributed by atoms with Crippen LogP contribution in [-0.4, -0.2) is 6.61 Å². The van der Waals surface area contributed by atoms with E-state index in [4.69, 9.17) is 10.5 Å². The highest BCUT2D eigenvalue weighted by Crippen LogP contribution is 2.27. The van der Waals surface area contributed by atoms with Crippen molar-refractivity contribution in [1.29, 1.82) is 0 Å². The van der Waals surface area contributed by atoms with E-state index in [9.17, 15) is 4.39 Å². The first-order valence-corrected chi connectivity index (χ1v) is 6.83. The summed E-state index contributed by atoms with van der Waals surface area (Å²) in [7, 11) is 0. The molecule has 2 nitrogen and oxygen atoms in total. The molecule has 0 spiro atoms. The number of para-hydroxylation sites is 1. The highest BCUT2D eigenvalue weighted by Gasteiger charge is 2.12. The smallest absolute Gasteiger partial charge is 0.165 e.